The second kappa shape index (κ2) is 7.90. The molecule has 2 N–H and O–H groups in total. The molecule has 22 heavy (non-hydrogen) atoms. The molecule has 1 heterocycles. The minimum absolute atomic E-state index is 0.419. The molecule has 0 bridgehead atoms. The van der Waals surface area contributed by atoms with Gasteiger partial charge in [-0.3, -0.25) is 0 Å². The van der Waals surface area contributed by atoms with E-state index in [-0.39, 0.29) is 0 Å². The number of nitrogens with zero attached hydrogens (tertiary/aromatic N) is 5. The van der Waals surface area contributed by atoms with E-state index in [4.69, 9.17) is 5.26 Å². The van der Waals surface area contributed by atoms with Crippen LogP contribution in [0.3, 0.4) is 0 Å². The summed E-state index contributed by atoms with van der Waals surface area (Å²) in [6.07, 6.45) is 2.62. The van der Waals surface area contributed by atoms with Crippen LogP contribution in [0.1, 0.15) is 12.0 Å². The van der Waals surface area contributed by atoms with E-state index in [0.717, 1.165) is 25.2 Å². The van der Waals surface area contributed by atoms with Crippen molar-refractivity contribution < 1.29 is 0 Å². The standard InChI is InChI=1S/C15H19N7/c1-22(2)9-3-8-17-14-11-18-21-15(20-14)19-13-6-4-12(10-16)5-7-13/h4-7,11H,3,8-9H2,1-2H3,(H2,17,19,20,21). The third kappa shape index (κ3) is 5.00. The molecular weight excluding hydrogens is 278 g/mol. The molecule has 7 nitrogen and oxygen atoms in total. The summed E-state index contributed by atoms with van der Waals surface area (Å²) in [6, 6.07) is 9.16. The van der Waals surface area contributed by atoms with Gasteiger partial charge in [0, 0.05) is 12.2 Å². The highest BCUT2D eigenvalue weighted by molar-refractivity contribution is 5.55. The average Bonchev–Trinajstić information content (AvgIpc) is 2.52. The van der Waals surface area contributed by atoms with Crippen molar-refractivity contribution in [1.82, 2.24) is 20.1 Å². The number of nitrogens with one attached hydrogen (secondary N) is 2. The Morgan fingerprint density at radius 1 is 1.23 bits per heavy atom. The lowest BCUT2D eigenvalue weighted by Gasteiger charge is -2.10. The zero-order valence-corrected chi connectivity index (χ0v) is 12.7. The molecular formula is C15H19N7. The van der Waals surface area contributed by atoms with Crippen molar-refractivity contribution in [1.29, 1.82) is 5.26 Å². The molecule has 1 aromatic carbocycles. The zero-order chi connectivity index (χ0) is 15.8. The molecule has 0 unspecified atom stereocenters. The van der Waals surface area contributed by atoms with Gasteiger partial charge in [-0.1, -0.05) is 0 Å². The molecule has 0 atom stereocenters. The highest BCUT2D eigenvalue weighted by atomic mass is 15.3. The molecule has 2 rings (SSSR count). The van der Waals surface area contributed by atoms with Crippen LogP contribution in [0.15, 0.2) is 30.5 Å². The van der Waals surface area contributed by atoms with E-state index < -0.39 is 0 Å². The molecule has 0 radical (unpaired) electrons. The van der Waals surface area contributed by atoms with Gasteiger partial charge in [0.1, 0.15) is 0 Å². The van der Waals surface area contributed by atoms with Crippen molar-refractivity contribution in [3.8, 4) is 6.07 Å². The molecule has 0 saturated heterocycles. The Morgan fingerprint density at radius 3 is 2.68 bits per heavy atom. The number of nitriles is 1. The van der Waals surface area contributed by atoms with E-state index in [2.05, 4.69) is 36.8 Å². The van der Waals surface area contributed by atoms with Gasteiger partial charge in [-0.05, 0) is 51.3 Å². The van der Waals surface area contributed by atoms with Gasteiger partial charge in [0.2, 0.25) is 5.95 Å². The maximum atomic E-state index is 8.78. The van der Waals surface area contributed by atoms with Gasteiger partial charge in [0.25, 0.3) is 0 Å². The van der Waals surface area contributed by atoms with Crippen LogP contribution >= 0.6 is 0 Å². The lowest BCUT2D eigenvalue weighted by atomic mass is 10.2. The Labute approximate surface area is 130 Å². The van der Waals surface area contributed by atoms with Crippen LogP contribution in [-0.2, 0) is 0 Å². The first-order valence-electron chi connectivity index (χ1n) is 7.03. The first kappa shape index (κ1) is 15.7. The van der Waals surface area contributed by atoms with Crippen LogP contribution in [0.25, 0.3) is 0 Å². The molecule has 0 amide bonds. The van der Waals surface area contributed by atoms with Crippen molar-refractivity contribution in [2.45, 2.75) is 6.42 Å². The number of anilines is 3. The summed E-state index contributed by atoms with van der Waals surface area (Å²) in [4.78, 5) is 6.49. The fraction of sp³-hybridized carbons (Fsp3) is 0.333. The number of hydrogen-bond donors (Lipinski definition) is 2. The van der Waals surface area contributed by atoms with E-state index in [1.165, 1.54) is 0 Å². The lowest BCUT2D eigenvalue weighted by Crippen LogP contribution is -2.16. The third-order valence-electron chi connectivity index (χ3n) is 2.92. The van der Waals surface area contributed by atoms with Crippen LogP contribution in [0.5, 0.6) is 0 Å². The van der Waals surface area contributed by atoms with Gasteiger partial charge in [0.05, 0.1) is 17.8 Å². The zero-order valence-electron chi connectivity index (χ0n) is 12.7. The molecule has 114 valence electrons. The SMILES string of the molecule is CN(C)CCCNc1cnnc(Nc2ccc(C#N)cc2)n1. The Kier molecular flexibility index (Phi) is 5.63. The number of rotatable bonds is 7. The first-order chi connectivity index (χ1) is 10.7. The number of aromatic nitrogens is 3. The monoisotopic (exact) mass is 297 g/mol. The van der Waals surface area contributed by atoms with Crippen molar-refractivity contribution in [2.24, 2.45) is 0 Å². The Bertz CT molecular complexity index is 631. The highest BCUT2D eigenvalue weighted by Gasteiger charge is 2.01. The molecule has 0 aliphatic heterocycles. The van der Waals surface area contributed by atoms with Crippen LogP contribution in [0, 0.1) is 11.3 Å². The first-order valence-corrected chi connectivity index (χ1v) is 7.03. The summed E-state index contributed by atoms with van der Waals surface area (Å²) < 4.78 is 0. The molecule has 7 heteroatoms. The normalized spacial score (nSPS) is 10.3. The van der Waals surface area contributed by atoms with E-state index in [0.29, 0.717) is 17.3 Å². The smallest absolute Gasteiger partial charge is 0.249 e. The van der Waals surface area contributed by atoms with E-state index in [9.17, 15) is 0 Å². The minimum atomic E-state index is 0.419. The molecule has 2 aromatic rings. The van der Waals surface area contributed by atoms with Crippen molar-refractivity contribution in [3.63, 3.8) is 0 Å². The Morgan fingerprint density at radius 2 is 2.00 bits per heavy atom. The van der Waals surface area contributed by atoms with Gasteiger partial charge in [0.15, 0.2) is 5.82 Å². The second-order valence-electron chi connectivity index (χ2n) is 5.06. The van der Waals surface area contributed by atoms with Crippen LogP contribution < -0.4 is 10.6 Å². The van der Waals surface area contributed by atoms with E-state index >= 15 is 0 Å². The summed E-state index contributed by atoms with van der Waals surface area (Å²) in [6.45, 7) is 1.84. The van der Waals surface area contributed by atoms with Crippen molar-refractivity contribution in [2.75, 3.05) is 37.8 Å². The topological polar surface area (TPSA) is 89.8 Å². The van der Waals surface area contributed by atoms with E-state index in [1.54, 1.807) is 30.5 Å². The number of hydrogen-bond acceptors (Lipinski definition) is 7. The van der Waals surface area contributed by atoms with Crippen molar-refractivity contribution in [3.05, 3.63) is 36.0 Å². The third-order valence-corrected chi connectivity index (χ3v) is 2.92. The second-order valence-corrected chi connectivity index (χ2v) is 5.06. The Balaban J connectivity index is 1.91. The molecule has 1 aromatic heterocycles. The largest absolute Gasteiger partial charge is 0.369 e. The maximum absolute atomic E-state index is 8.78. The predicted molar refractivity (Wildman–Crippen MR) is 85.9 cm³/mol. The van der Waals surface area contributed by atoms with Gasteiger partial charge < -0.3 is 15.5 Å². The molecule has 0 fully saturated rings. The average molecular weight is 297 g/mol. The summed E-state index contributed by atoms with van der Waals surface area (Å²) in [7, 11) is 4.09. The lowest BCUT2D eigenvalue weighted by molar-refractivity contribution is 0.405. The maximum Gasteiger partial charge on any atom is 0.249 e. The fourth-order valence-electron chi connectivity index (χ4n) is 1.81. The van der Waals surface area contributed by atoms with Gasteiger partial charge >= 0.3 is 0 Å². The summed E-state index contributed by atoms with van der Waals surface area (Å²) in [5.74, 6) is 1.10. The quantitative estimate of drug-likeness (QED) is 0.754. The van der Waals surface area contributed by atoms with Gasteiger partial charge in [-0.15, -0.1) is 5.10 Å². The predicted octanol–water partition coefficient (Wildman–Crippen LogP) is 1.85. The summed E-state index contributed by atoms with van der Waals surface area (Å²) in [5.41, 5.74) is 1.42. The molecule has 0 aliphatic rings. The molecule has 0 spiro atoms. The van der Waals surface area contributed by atoms with Crippen LogP contribution in [0.4, 0.5) is 17.5 Å². The Hall–Kier alpha value is -2.72. The van der Waals surface area contributed by atoms with E-state index in [1.807, 2.05) is 14.1 Å². The van der Waals surface area contributed by atoms with Crippen LogP contribution in [0.2, 0.25) is 0 Å². The highest BCUT2D eigenvalue weighted by Crippen LogP contribution is 2.14. The fourth-order valence-corrected chi connectivity index (χ4v) is 1.81. The minimum Gasteiger partial charge on any atom is -0.369 e. The summed E-state index contributed by atoms with van der Waals surface area (Å²) in [5, 5.41) is 22.9. The molecule has 0 aliphatic carbocycles. The van der Waals surface area contributed by atoms with Gasteiger partial charge in [-0.25, -0.2) is 0 Å². The number of benzene rings is 1. The molecule has 0 saturated carbocycles. The van der Waals surface area contributed by atoms with Crippen LogP contribution in [-0.4, -0.2) is 47.3 Å². The van der Waals surface area contributed by atoms with Crippen molar-refractivity contribution >= 4 is 17.5 Å². The summed E-state index contributed by atoms with van der Waals surface area (Å²) >= 11 is 0. The van der Waals surface area contributed by atoms with Gasteiger partial charge in [-0.2, -0.15) is 15.3 Å².